The van der Waals surface area contributed by atoms with Crippen molar-refractivity contribution in [3.05, 3.63) is 29.8 Å². The molecule has 0 bridgehead atoms. The van der Waals surface area contributed by atoms with Crippen molar-refractivity contribution in [3.8, 4) is 0 Å². The first kappa shape index (κ1) is 20.6. The molecule has 1 saturated heterocycles. The zero-order chi connectivity index (χ0) is 19.8. The Kier molecular flexibility index (Phi) is 7.68. The Morgan fingerprint density at radius 2 is 2.07 bits per heavy atom. The van der Waals surface area contributed by atoms with Gasteiger partial charge in [0, 0.05) is 50.7 Å². The van der Waals surface area contributed by atoms with Gasteiger partial charge >= 0.3 is 0 Å². The van der Waals surface area contributed by atoms with Gasteiger partial charge in [-0.15, -0.1) is 0 Å². The van der Waals surface area contributed by atoms with E-state index in [4.69, 9.17) is 4.99 Å². The monoisotopic (exact) mass is 386 g/mol. The number of amides is 1. The summed E-state index contributed by atoms with van der Waals surface area (Å²) in [5.41, 5.74) is 2.10. The molecule has 0 spiro atoms. The molecule has 0 saturated carbocycles. The Morgan fingerprint density at radius 1 is 1.21 bits per heavy atom. The van der Waals surface area contributed by atoms with Crippen LogP contribution in [0.3, 0.4) is 0 Å². The first-order chi connectivity index (χ1) is 13.7. The second-order valence-electron chi connectivity index (χ2n) is 7.68. The molecule has 3 N–H and O–H groups in total. The number of anilines is 1. The molecular weight excluding hydrogens is 352 g/mol. The number of nitrogens with one attached hydrogen (secondary N) is 3. The molecule has 2 heterocycles. The van der Waals surface area contributed by atoms with E-state index < -0.39 is 0 Å². The van der Waals surface area contributed by atoms with Crippen LogP contribution in [0.1, 0.15) is 31.2 Å². The number of guanidine groups is 1. The van der Waals surface area contributed by atoms with Crippen molar-refractivity contribution >= 4 is 17.6 Å². The summed E-state index contributed by atoms with van der Waals surface area (Å²) < 4.78 is 0. The molecule has 3 rings (SSSR count). The number of carbonyl (C=O) groups excluding carboxylic acids is 1. The molecule has 1 atom stereocenters. The van der Waals surface area contributed by atoms with E-state index in [9.17, 15) is 4.79 Å². The minimum Gasteiger partial charge on any atom is -0.357 e. The van der Waals surface area contributed by atoms with Gasteiger partial charge in [-0.2, -0.15) is 0 Å². The van der Waals surface area contributed by atoms with Gasteiger partial charge in [0.15, 0.2) is 5.96 Å². The van der Waals surface area contributed by atoms with Gasteiger partial charge in [-0.25, -0.2) is 0 Å². The number of benzene rings is 1. The van der Waals surface area contributed by atoms with Crippen LogP contribution in [0.4, 0.5) is 5.69 Å². The molecule has 0 aliphatic carbocycles. The number of hydrogen-bond donors (Lipinski definition) is 3. The van der Waals surface area contributed by atoms with E-state index in [-0.39, 0.29) is 11.8 Å². The van der Waals surface area contributed by atoms with Gasteiger partial charge in [-0.05, 0) is 45.1 Å². The number of aliphatic imine (C=N–C) groups is 1. The van der Waals surface area contributed by atoms with Gasteiger partial charge < -0.3 is 25.8 Å². The maximum Gasteiger partial charge on any atom is 0.225 e. The van der Waals surface area contributed by atoms with Gasteiger partial charge in [-0.3, -0.25) is 9.79 Å². The van der Waals surface area contributed by atoms with E-state index >= 15 is 0 Å². The molecule has 1 aromatic carbocycles. The van der Waals surface area contributed by atoms with Crippen LogP contribution < -0.4 is 16.0 Å². The number of rotatable bonds is 6. The molecule has 28 heavy (non-hydrogen) atoms. The van der Waals surface area contributed by atoms with Crippen molar-refractivity contribution in [2.45, 2.75) is 25.7 Å². The van der Waals surface area contributed by atoms with Crippen molar-refractivity contribution in [1.82, 2.24) is 20.4 Å². The summed E-state index contributed by atoms with van der Waals surface area (Å²) in [6, 6.07) is 8.03. The van der Waals surface area contributed by atoms with Crippen molar-refractivity contribution in [2.75, 3.05) is 64.7 Å². The maximum absolute atomic E-state index is 12.0. The summed E-state index contributed by atoms with van der Waals surface area (Å²) in [6.07, 6.45) is 1.72. The third kappa shape index (κ3) is 5.94. The van der Waals surface area contributed by atoms with Gasteiger partial charge in [-0.1, -0.05) is 18.2 Å². The smallest absolute Gasteiger partial charge is 0.225 e. The minimum atomic E-state index is 0.0722. The van der Waals surface area contributed by atoms with Crippen LogP contribution in [0.15, 0.2) is 29.3 Å². The average molecular weight is 387 g/mol. The van der Waals surface area contributed by atoms with Crippen LogP contribution in [0, 0.1) is 0 Å². The first-order valence-corrected chi connectivity index (χ1v) is 10.5. The highest BCUT2D eigenvalue weighted by molar-refractivity contribution is 5.94. The Hall–Kier alpha value is -2.12. The SMILES string of the molecule is CCNC(=NCC1CC(=O)Nc2ccccc21)NCCN1CCCN(C)CC1. The molecule has 154 valence electrons. The predicted octanol–water partition coefficient (Wildman–Crippen LogP) is 1.31. The number of nitrogens with zero attached hydrogens (tertiary/aromatic N) is 3. The highest BCUT2D eigenvalue weighted by Crippen LogP contribution is 2.31. The van der Waals surface area contributed by atoms with Gasteiger partial charge in [0.25, 0.3) is 0 Å². The van der Waals surface area contributed by atoms with E-state index in [1.165, 1.54) is 18.5 Å². The Balaban J connectivity index is 1.53. The largest absolute Gasteiger partial charge is 0.357 e. The fourth-order valence-corrected chi connectivity index (χ4v) is 3.86. The molecule has 7 heteroatoms. The number of hydrogen-bond acceptors (Lipinski definition) is 4. The fraction of sp³-hybridized carbons (Fsp3) is 0.619. The number of para-hydroxylation sites is 1. The lowest BCUT2D eigenvalue weighted by Gasteiger charge is -2.25. The molecule has 0 radical (unpaired) electrons. The van der Waals surface area contributed by atoms with Crippen LogP contribution in [-0.4, -0.2) is 81.1 Å². The molecule has 2 aliphatic rings. The number of fused-ring (bicyclic) bond motifs is 1. The highest BCUT2D eigenvalue weighted by atomic mass is 16.1. The van der Waals surface area contributed by atoms with Gasteiger partial charge in [0.05, 0.1) is 6.54 Å². The van der Waals surface area contributed by atoms with Crippen LogP contribution >= 0.6 is 0 Å². The molecule has 1 amide bonds. The topological polar surface area (TPSA) is 72.0 Å². The minimum absolute atomic E-state index is 0.0722. The zero-order valence-corrected chi connectivity index (χ0v) is 17.2. The summed E-state index contributed by atoms with van der Waals surface area (Å²) in [5.74, 6) is 1.03. The van der Waals surface area contributed by atoms with Gasteiger partial charge in [0.1, 0.15) is 0 Å². The van der Waals surface area contributed by atoms with E-state index in [2.05, 4.69) is 45.8 Å². The Bertz CT molecular complexity index is 677. The summed E-state index contributed by atoms with van der Waals surface area (Å²) in [6.45, 7) is 10.0. The van der Waals surface area contributed by atoms with E-state index in [0.717, 1.165) is 50.9 Å². The van der Waals surface area contributed by atoms with Crippen molar-refractivity contribution < 1.29 is 4.79 Å². The van der Waals surface area contributed by atoms with E-state index in [1.54, 1.807) is 0 Å². The lowest BCUT2D eigenvalue weighted by atomic mass is 9.91. The first-order valence-electron chi connectivity index (χ1n) is 10.5. The van der Waals surface area contributed by atoms with E-state index in [1.807, 2.05) is 18.2 Å². The average Bonchev–Trinajstić information content (AvgIpc) is 2.90. The normalized spacial score (nSPS) is 21.6. The predicted molar refractivity (Wildman–Crippen MR) is 115 cm³/mol. The summed E-state index contributed by atoms with van der Waals surface area (Å²) in [5, 5.41) is 9.74. The molecule has 7 nitrogen and oxygen atoms in total. The number of likely N-dealkylation sites (N-methyl/N-ethyl adjacent to an activating group) is 1. The molecule has 2 aliphatic heterocycles. The lowest BCUT2D eigenvalue weighted by Crippen LogP contribution is -2.42. The standard InChI is InChI=1S/C21H34N6O/c1-3-22-21(23-9-12-27-11-6-10-26(2)13-14-27)24-16-17-15-20(28)25-19-8-5-4-7-18(17)19/h4-5,7-8,17H,3,6,9-16H2,1-2H3,(H,25,28)(H2,22,23,24). The molecule has 1 unspecified atom stereocenters. The Labute approximate surface area is 168 Å². The van der Waals surface area contributed by atoms with Crippen LogP contribution in [0.25, 0.3) is 0 Å². The maximum atomic E-state index is 12.0. The molecular formula is C21H34N6O. The molecule has 0 aromatic heterocycles. The number of carbonyl (C=O) groups is 1. The zero-order valence-electron chi connectivity index (χ0n) is 17.2. The third-order valence-electron chi connectivity index (χ3n) is 5.45. The van der Waals surface area contributed by atoms with Crippen molar-refractivity contribution in [2.24, 2.45) is 4.99 Å². The quantitative estimate of drug-likeness (QED) is 0.508. The van der Waals surface area contributed by atoms with Crippen molar-refractivity contribution in [3.63, 3.8) is 0 Å². The van der Waals surface area contributed by atoms with Crippen LogP contribution in [-0.2, 0) is 4.79 Å². The van der Waals surface area contributed by atoms with Crippen LogP contribution in [0.5, 0.6) is 0 Å². The van der Waals surface area contributed by atoms with Gasteiger partial charge in [0.2, 0.25) is 5.91 Å². The van der Waals surface area contributed by atoms with E-state index in [0.29, 0.717) is 13.0 Å². The summed E-state index contributed by atoms with van der Waals surface area (Å²) >= 11 is 0. The summed E-state index contributed by atoms with van der Waals surface area (Å²) in [7, 11) is 2.20. The summed E-state index contributed by atoms with van der Waals surface area (Å²) in [4.78, 5) is 21.7. The fourth-order valence-electron chi connectivity index (χ4n) is 3.86. The Morgan fingerprint density at radius 3 is 2.93 bits per heavy atom. The van der Waals surface area contributed by atoms with Crippen molar-refractivity contribution in [1.29, 1.82) is 0 Å². The second-order valence-corrected chi connectivity index (χ2v) is 7.68. The lowest BCUT2D eigenvalue weighted by molar-refractivity contribution is -0.116. The molecule has 1 aromatic rings. The second kappa shape index (κ2) is 10.4. The third-order valence-corrected chi connectivity index (χ3v) is 5.45. The highest BCUT2D eigenvalue weighted by Gasteiger charge is 2.24. The molecule has 1 fully saturated rings. The van der Waals surface area contributed by atoms with Crippen LogP contribution in [0.2, 0.25) is 0 Å².